The van der Waals surface area contributed by atoms with Gasteiger partial charge in [0.25, 0.3) is 0 Å². The van der Waals surface area contributed by atoms with E-state index in [2.05, 4.69) is 25.9 Å². The van der Waals surface area contributed by atoms with Gasteiger partial charge in [0.05, 0.1) is 12.0 Å². The van der Waals surface area contributed by atoms with Gasteiger partial charge >= 0.3 is 0 Å². The van der Waals surface area contributed by atoms with E-state index in [0.717, 1.165) is 10.0 Å². The van der Waals surface area contributed by atoms with E-state index in [0.29, 0.717) is 11.4 Å². The van der Waals surface area contributed by atoms with Gasteiger partial charge in [-0.05, 0) is 35.9 Å². The Morgan fingerprint density at radius 3 is 2.58 bits per heavy atom. The first kappa shape index (κ1) is 16.1. The lowest BCUT2D eigenvalue weighted by Gasteiger charge is -2.06. The summed E-state index contributed by atoms with van der Waals surface area (Å²) < 4.78 is 2.71. The van der Waals surface area contributed by atoms with Crippen LogP contribution in [0.2, 0.25) is 0 Å². The molecule has 5 heteroatoms. The minimum absolute atomic E-state index is 0.158. The second-order valence-corrected chi connectivity index (χ2v) is 5.89. The van der Waals surface area contributed by atoms with Crippen molar-refractivity contribution < 1.29 is 4.79 Å². The Kier molecular flexibility index (Phi) is 5.13. The number of hydrogen-bond donors (Lipinski definition) is 0. The van der Waals surface area contributed by atoms with Crippen LogP contribution in [0.25, 0.3) is 11.8 Å². The largest absolute Gasteiger partial charge is 0.303 e. The molecule has 3 aromatic rings. The van der Waals surface area contributed by atoms with E-state index >= 15 is 0 Å². The number of hydrogen-bond acceptors (Lipinski definition) is 3. The number of imidazole rings is 1. The average molecular weight is 380 g/mol. The van der Waals surface area contributed by atoms with Crippen LogP contribution < -0.4 is 0 Å². The molecule has 0 aliphatic heterocycles. The minimum atomic E-state index is -0.158. The number of aromatic nitrogens is 3. The van der Waals surface area contributed by atoms with E-state index in [1.165, 1.54) is 0 Å². The van der Waals surface area contributed by atoms with Gasteiger partial charge in [-0.1, -0.05) is 46.3 Å². The Morgan fingerprint density at radius 2 is 1.92 bits per heavy atom. The molecule has 3 rings (SSSR count). The molecular weight excluding hydrogens is 366 g/mol. The van der Waals surface area contributed by atoms with Crippen LogP contribution in [0.3, 0.4) is 0 Å². The predicted molar refractivity (Wildman–Crippen MR) is 98.2 cm³/mol. The quantitative estimate of drug-likeness (QED) is 0.373. The lowest BCUT2D eigenvalue weighted by molar-refractivity contribution is 0.104. The normalized spacial score (nSPS) is 11.8. The summed E-state index contributed by atoms with van der Waals surface area (Å²) in [5.41, 5.74) is 1.93. The molecular formula is C19H14BrN3O. The fourth-order valence-electron chi connectivity index (χ4n) is 2.13. The molecule has 118 valence electrons. The van der Waals surface area contributed by atoms with Crippen LogP contribution in [0.4, 0.5) is 0 Å². The van der Waals surface area contributed by atoms with Crippen molar-refractivity contribution in [3.63, 3.8) is 0 Å². The molecule has 0 atom stereocenters. The smallest absolute Gasteiger partial charge is 0.228 e. The standard InChI is InChI=1S/C19H14BrN3O/c20-16-9-7-15(8-10-16)4-3-6-18(23-13-12-21-14-23)19(24)17-5-1-2-11-22-17/h1-14H/b4-3+,18-6-. The number of benzene rings is 1. The first-order valence-corrected chi connectivity index (χ1v) is 8.11. The number of carbonyl (C=O) groups is 1. The summed E-state index contributed by atoms with van der Waals surface area (Å²) in [6.45, 7) is 0. The fourth-order valence-corrected chi connectivity index (χ4v) is 2.40. The Balaban J connectivity index is 1.90. The van der Waals surface area contributed by atoms with Gasteiger partial charge in [0.2, 0.25) is 5.78 Å². The third-order valence-corrected chi connectivity index (χ3v) is 3.85. The van der Waals surface area contributed by atoms with Crippen LogP contribution in [0.15, 0.2) is 84.0 Å². The molecule has 0 unspecified atom stereocenters. The van der Waals surface area contributed by atoms with Gasteiger partial charge in [-0.25, -0.2) is 4.98 Å². The molecule has 0 bridgehead atoms. The highest BCUT2D eigenvalue weighted by Crippen LogP contribution is 2.14. The second kappa shape index (κ2) is 7.66. The first-order valence-electron chi connectivity index (χ1n) is 7.32. The number of nitrogens with zero attached hydrogens (tertiary/aromatic N) is 3. The highest BCUT2D eigenvalue weighted by molar-refractivity contribution is 9.10. The van der Waals surface area contributed by atoms with Gasteiger partial charge in [-0.15, -0.1) is 0 Å². The van der Waals surface area contributed by atoms with Gasteiger partial charge in [-0.3, -0.25) is 9.78 Å². The lowest BCUT2D eigenvalue weighted by atomic mass is 10.1. The molecule has 0 fully saturated rings. The molecule has 24 heavy (non-hydrogen) atoms. The minimum Gasteiger partial charge on any atom is -0.303 e. The zero-order valence-electron chi connectivity index (χ0n) is 12.7. The van der Waals surface area contributed by atoms with Crippen LogP contribution in [-0.2, 0) is 0 Å². The van der Waals surface area contributed by atoms with Crippen LogP contribution in [0.5, 0.6) is 0 Å². The SMILES string of the molecule is O=C(/C(=C/C=C/c1ccc(Br)cc1)n1ccnc1)c1ccccn1. The van der Waals surface area contributed by atoms with Crippen molar-refractivity contribution in [2.24, 2.45) is 0 Å². The molecule has 0 amide bonds. The third kappa shape index (κ3) is 3.94. The zero-order valence-corrected chi connectivity index (χ0v) is 14.3. The summed E-state index contributed by atoms with van der Waals surface area (Å²) >= 11 is 3.41. The number of Topliss-reactive ketones (excluding diaryl/α,β-unsaturated/α-hetero) is 1. The number of carbonyl (C=O) groups excluding carboxylic acids is 1. The third-order valence-electron chi connectivity index (χ3n) is 3.33. The number of allylic oxidation sites excluding steroid dienone is 3. The highest BCUT2D eigenvalue weighted by Gasteiger charge is 2.14. The Morgan fingerprint density at radius 1 is 1.08 bits per heavy atom. The Labute approximate surface area is 148 Å². The maximum atomic E-state index is 12.7. The van der Waals surface area contributed by atoms with Crippen molar-refractivity contribution in [3.8, 4) is 0 Å². The molecule has 0 aliphatic rings. The molecule has 0 N–H and O–H groups in total. The lowest BCUT2D eigenvalue weighted by Crippen LogP contribution is -2.09. The topological polar surface area (TPSA) is 47.8 Å². The van der Waals surface area contributed by atoms with E-state index in [4.69, 9.17) is 0 Å². The van der Waals surface area contributed by atoms with Gasteiger partial charge in [0, 0.05) is 23.1 Å². The molecule has 0 radical (unpaired) electrons. The summed E-state index contributed by atoms with van der Waals surface area (Å²) in [5, 5.41) is 0. The fraction of sp³-hybridized carbons (Fsp3) is 0. The molecule has 1 aromatic carbocycles. The molecule has 2 aromatic heterocycles. The molecule has 0 spiro atoms. The van der Waals surface area contributed by atoms with Crippen LogP contribution in [0.1, 0.15) is 16.1 Å². The first-order chi connectivity index (χ1) is 11.7. The van der Waals surface area contributed by atoms with E-state index in [9.17, 15) is 4.79 Å². The zero-order chi connectivity index (χ0) is 16.8. The molecule has 0 aliphatic carbocycles. The maximum Gasteiger partial charge on any atom is 0.228 e. The number of ketones is 1. The summed E-state index contributed by atoms with van der Waals surface area (Å²) in [6.07, 6.45) is 12.1. The van der Waals surface area contributed by atoms with Crippen molar-refractivity contribution in [2.45, 2.75) is 0 Å². The summed E-state index contributed by atoms with van der Waals surface area (Å²) in [4.78, 5) is 20.9. The van der Waals surface area contributed by atoms with Crippen molar-refractivity contribution in [1.82, 2.24) is 14.5 Å². The summed E-state index contributed by atoms with van der Waals surface area (Å²) in [5.74, 6) is -0.158. The summed E-state index contributed by atoms with van der Waals surface area (Å²) in [7, 11) is 0. The van der Waals surface area contributed by atoms with Gasteiger partial charge in [-0.2, -0.15) is 0 Å². The second-order valence-electron chi connectivity index (χ2n) is 4.98. The van der Waals surface area contributed by atoms with Crippen LogP contribution in [-0.4, -0.2) is 20.3 Å². The van der Waals surface area contributed by atoms with Crippen LogP contribution in [0, 0.1) is 0 Å². The van der Waals surface area contributed by atoms with Gasteiger partial charge in [0.1, 0.15) is 5.69 Å². The van der Waals surface area contributed by atoms with E-state index in [1.54, 1.807) is 53.8 Å². The maximum absolute atomic E-state index is 12.7. The van der Waals surface area contributed by atoms with Crippen LogP contribution >= 0.6 is 15.9 Å². The van der Waals surface area contributed by atoms with Crippen molar-refractivity contribution in [2.75, 3.05) is 0 Å². The molecule has 0 saturated carbocycles. The van der Waals surface area contributed by atoms with Crippen molar-refractivity contribution in [1.29, 1.82) is 0 Å². The number of pyridine rings is 1. The molecule has 2 heterocycles. The van der Waals surface area contributed by atoms with Crippen molar-refractivity contribution >= 4 is 33.5 Å². The van der Waals surface area contributed by atoms with E-state index < -0.39 is 0 Å². The van der Waals surface area contributed by atoms with Gasteiger partial charge < -0.3 is 4.57 Å². The molecule has 0 saturated heterocycles. The highest BCUT2D eigenvalue weighted by atomic mass is 79.9. The predicted octanol–water partition coefficient (Wildman–Crippen LogP) is 4.48. The Bertz CT molecular complexity index is 867. The summed E-state index contributed by atoms with van der Waals surface area (Å²) in [6, 6.07) is 13.2. The van der Waals surface area contributed by atoms with Crippen molar-refractivity contribution in [3.05, 3.63) is 95.3 Å². The Hall–Kier alpha value is -2.79. The van der Waals surface area contributed by atoms with E-state index in [-0.39, 0.29) is 5.78 Å². The number of rotatable bonds is 5. The average Bonchev–Trinajstić information content (AvgIpc) is 3.15. The van der Waals surface area contributed by atoms with Gasteiger partial charge in [0.15, 0.2) is 0 Å². The van der Waals surface area contributed by atoms with E-state index in [1.807, 2.05) is 36.4 Å². The monoisotopic (exact) mass is 379 g/mol. The number of halogens is 1. The molecule has 4 nitrogen and oxygen atoms in total.